The zero-order chi connectivity index (χ0) is 12.6. The topological polar surface area (TPSA) is 49.4 Å². The van der Waals surface area contributed by atoms with E-state index in [-0.39, 0.29) is 18.2 Å². The van der Waals surface area contributed by atoms with Crippen molar-refractivity contribution in [1.82, 2.24) is 10.2 Å². The van der Waals surface area contributed by atoms with Crippen LogP contribution in [0, 0.1) is 5.92 Å². The maximum Gasteiger partial charge on any atom is 0.231 e. The van der Waals surface area contributed by atoms with Crippen molar-refractivity contribution in [3.05, 3.63) is 0 Å². The molecule has 0 rings (SSSR count). The summed E-state index contributed by atoms with van der Waals surface area (Å²) >= 11 is 0. The average Bonchev–Trinajstić information content (AvgIpc) is 2.22. The second-order valence-corrected chi connectivity index (χ2v) is 4.54. The third-order valence-corrected chi connectivity index (χ3v) is 2.29. The normalized spacial score (nSPS) is 10.3. The molecule has 0 aromatic heterocycles. The van der Waals surface area contributed by atoms with Crippen molar-refractivity contribution in [3.8, 4) is 0 Å². The molecule has 94 valence electrons. The molecule has 0 bridgehead atoms. The number of carbonyl (C=O) groups is 2. The molecule has 0 heterocycles. The molecule has 0 radical (unpaired) electrons. The van der Waals surface area contributed by atoms with Crippen molar-refractivity contribution in [2.24, 2.45) is 5.92 Å². The Kier molecular flexibility index (Phi) is 7.60. The van der Waals surface area contributed by atoms with Crippen LogP contribution in [0.25, 0.3) is 0 Å². The van der Waals surface area contributed by atoms with Crippen LogP contribution in [0.15, 0.2) is 0 Å². The maximum absolute atomic E-state index is 11.6. The van der Waals surface area contributed by atoms with Gasteiger partial charge in [0.2, 0.25) is 11.8 Å². The molecule has 4 nitrogen and oxygen atoms in total. The predicted molar refractivity (Wildman–Crippen MR) is 65.0 cm³/mol. The van der Waals surface area contributed by atoms with Crippen LogP contribution in [-0.2, 0) is 9.59 Å². The summed E-state index contributed by atoms with van der Waals surface area (Å²) in [7, 11) is 1.74. The first kappa shape index (κ1) is 14.9. The molecule has 0 aliphatic heterocycles. The number of nitrogens with zero attached hydrogens (tertiary/aromatic N) is 1. The van der Waals surface area contributed by atoms with Crippen LogP contribution in [0.1, 0.15) is 40.0 Å². The van der Waals surface area contributed by atoms with Crippen LogP contribution in [0.4, 0.5) is 0 Å². The molecule has 0 spiro atoms. The SMILES string of the molecule is CCCCN(C)C(=O)CC(=O)NCC(C)C. The van der Waals surface area contributed by atoms with Crippen molar-refractivity contribution >= 4 is 11.8 Å². The molecular weight excluding hydrogens is 204 g/mol. The molecule has 0 atom stereocenters. The van der Waals surface area contributed by atoms with Gasteiger partial charge < -0.3 is 10.2 Å². The van der Waals surface area contributed by atoms with E-state index in [9.17, 15) is 9.59 Å². The van der Waals surface area contributed by atoms with Crippen LogP contribution < -0.4 is 5.32 Å². The van der Waals surface area contributed by atoms with Crippen molar-refractivity contribution in [2.45, 2.75) is 40.0 Å². The largest absolute Gasteiger partial charge is 0.355 e. The lowest BCUT2D eigenvalue weighted by Crippen LogP contribution is -2.35. The van der Waals surface area contributed by atoms with Crippen LogP contribution in [-0.4, -0.2) is 36.9 Å². The smallest absolute Gasteiger partial charge is 0.231 e. The second-order valence-electron chi connectivity index (χ2n) is 4.54. The highest BCUT2D eigenvalue weighted by Crippen LogP contribution is 1.96. The van der Waals surface area contributed by atoms with Gasteiger partial charge in [-0.3, -0.25) is 9.59 Å². The van der Waals surface area contributed by atoms with Gasteiger partial charge in [-0.2, -0.15) is 0 Å². The van der Waals surface area contributed by atoms with Gasteiger partial charge in [0.25, 0.3) is 0 Å². The van der Waals surface area contributed by atoms with E-state index in [2.05, 4.69) is 12.2 Å². The Labute approximate surface area is 98.4 Å². The van der Waals surface area contributed by atoms with Gasteiger partial charge in [0, 0.05) is 20.1 Å². The molecule has 2 amide bonds. The molecule has 1 N–H and O–H groups in total. The highest BCUT2D eigenvalue weighted by atomic mass is 16.2. The molecule has 0 aromatic carbocycles. The number of rotatable bonds is 7. The lowest BCUT2D eigenvalue weighted by atomic mass is 10.2. The molecule has 0 unspecified atom stereocenters. The van der Waals surface area contributed by atoms with Crippen molar-refractivity contribution in [1.29, 1.82) is 0 Å². The van der Waals surface area contributed by atoms with Crippen LogP contribution in [0.3, 0.4) is 0 Å². The highest BCUT2D eigenvalue weighted by Gasteiger charge is 2.13. The zero-order valence-corrected chi connectivity index (χ0v) is 10.9. The summed E-state index contributed by atoms with van der Waals surface area (Å²) in [6.07, 6.45) is 2.00. The Hall–Kier alpha value is -1.06. The zero-order valence-electron chi connectivity index (χ0n) is 10.9. The molecular formula is C12H24N2O2. The van der Waals surface area contributed by atoms with Gasteiger partial charge in [-0.1, -0.05) is 27.2 Å². The summed E-state index contributed by atoms with van der Waals surface area (Å²) in [6.45, 7) is 7.48. The third-order valence-electron chi connectivity index (χ3n) is 2.29. The second kappa shape index (κ2) is 8.13. The fourth-order valence-corrected chi connectivity index (χ4v) is 1.17. The number of carbonyl (C=O) groups excluding carboxylic acids is 2. The van der Waals surface area contributed by atoms with Gasteiger partial charge in [-0.25, -0.2) is 0 Å². The number of hydrogen-bond acceptors (Lipinski definition) is 2. The van der Waals surface area contributed by atoms with Crippen LogP contribution >= 0.6 is 0 Å². The number of amides is 2. The van der Waals surface area contributed by atoms with Crippen molar-refractivity contribution in [2.75, 3.05) is 20.1 Å². The Balaban J connectivity index is 3.80. The maximum atomic E-state index is 11.6. The molecule has 0 fully saturated rings. The minimum atomic E-state index is -0.179. The number of nitrogens with one attached hydrogen (secondary N) is 1. The summed E-state index contributed by atoms with van der Waals surface area (Å²) in [5, 5.41) is 2.74. The van der Waals surface area contributed by atoms with E-state index in [1.54, 1.807) is 11.9 Å². The van der Waals surface area contributed by atoms with E-state index in [4.69, 9.17) is 0 Å². The summed E-state index contributed by atoms with van der Waals surface area (Å²) in [5.74, 6) is 0.133. The summed E-state index contributed by atoms with van der Waals surface area (Å²) in [6, 6.07) is 0. The molecule has 0 aromatic rings. The minimum absolute atomic E-state index is 0.0348. The first-order chi connectivity index (χ1) is 7.47. The Bertz CT molecular complexity index is 227. The van der Waals surface area contributed by atoms with Crippen LogP contribution in [0.2, 0.25) is 0 Å². The highest BCUT2D eigenvalue weighted by molar-refractivity contribution is 5.96. The monoisotopic (exact) mass is 228 g/mol. The van der Waals surface area contributed by atoms with E-state index in [0.29, 0.717) is 12.5 Å². The molecule has 0 aliphatic rings. The Morgan fingerprint density at radius 2 is 1.94 bits per heavy atom. The van der Waals surface area contributed by atoms with E-state index in [1.807, 2.05) is 13.8 Å². The molecule has 4 heteroatoms. The standard InChI is InChI=1S/C12H24N2O2/c1-5-6-7-14(4)12(16)8-11(15)13-9-10(2)3/h10H,5-9H2,1-4H3,(H,13,15). The quantitative estimate of drug-likeness (QED) is 0.670. The van der Waals surface area contributed by atoms with Gasteiger partial charge in [0.1, 0.15) is 6.42 Å². The summed E-state index contributed by atoms with van der Waals surface area (Å²) < 4.78 is 0. The lowest BCUT2D eigenvalue weighted by Gasteiger charge is -2.16. The number of unbranched alkanes of at least 4 members (excludes halogenated alkanes) is 1. The summed E-state index contributed by atoms with van der Waals surface area (Å²) in [4.78, 5) is 24.6. The average molecular weight is 228 g/mol. The van der Waals surface area contributed by atoms with Crippen molar-refractivity contribution in [3.63, 3.8) is 0 Å². The van der Waals surface area contributed by atoms with Crippen molar-refractivity contribution < 1.29 is 9.59 Å². The third kappa shape index (κ3) is 7.26. The van der Waals surface area contributed by atoms with E-state index in [0.717, 1.165) is 19.4 Å². The number of hydrogen-bond donors (Lipinski definition) is 1. The first-order valence-electron chi connectivity index (χ1n) is 5.98. The molecule has 0 saturated carbocycles. The van der Waals surface area contributed by atoms with Crippen LogP contribution in [0.5, 0.6) is 0 Å². The Morgan fingerprint density at radius 1 is 1.31 bits per heavy atom. The van der Waals surface area contributed by atoms with Gasteiger partial charge in [0.15, 0.2) is 0 Å². The first-order valence-corrected chi connectivity index (χ1v) is 5.98. The van der Waals surface area contributed by atoms with E-state index < -0.39 is 0 Å². The minimum Gasteiger partial charge on any atom is -0.355 e. The predicted octanol–water partition coefficient (Wildman–Crippen LogP) is 1.41. The lowest BCUT2D eigenvalue weighted by molar-refractivity contribution is -0.135. The van der Waals surface area contributed by atoms with Gasteiger partial charge in [0.05, 0.1) is 0 Å². The van der Waals surface area contributed by atoms with Gasteiger partial charge in [-0.15, -0.1) is 0 Å². The van der Waals surface area contributed by atoms with E-state index in [1.165, 1.54) is 0 Å². The van der Waals surface area contributed by atoms with Gasteiger partial charge in [-0.05, 0) is 12.3 Å². The van der Waals surface area contributed by atoms with Gasteiger partial charge >= 0.3 is 0 Å². The molecule has 16 heavy (non-hydrogen) atoms. The molecule has 0 aliphatic carbocycles. The fourth-order valence-electron chi connectivity index (χ4n) is 1.17. The Morgan fingerprint density at radius 3 is 2.44 bits per heavy atom. The molecule has 0 saturated heterocycles. The summed E-state index contributed by atoms with van der Waals surface area (Å²) in [5.41, 5.74) is 0. The van der Waals surface area contributed by atoms with E-state index >= 15 is 0 Å². The fraction of sp³-hybridized carbons (Fsp3) is 0.833.